The van der Waals surface area contributed by atoms with Crippen molar-refractivity contribution in [2.24, 2.45) is 5.92 Å². The molecule has 1 aromatic rings. The van der Waals surface area contributed by atoms with Crippen LogP contribution < -0.4 is 0 Å². The fraction of sp³-hybridized carbons (Fsp3) is 0.600. The predicted octanol–water partition coefficient (Wildman–Crippen LogP) is 4.44. The fourth-order valence-electron chi connectivity index (χ4n) is 2.24. The molecule has 4 heteroatoms. The molecule has 0 aliphatic heterocycles. The maximum Gasteiger partial charge on any atom is 0.416 e. The zero-order chi connectivity index (χ0) is 14.5. The molecule has 0 spiro atoms. The second kappa shape index (κ2) is 6.94. The zero-order valence-corrected chi connectivity index (χ0v) is 11.4. The highest BCUT2D eigenvalue weighted by atomic mass is 19.4. The van der Waals surface area contributed by atoms with E-state index in [1.54, 1.807) is 6.07 Å². The molecule has 19 heavy (non-hydrogen) atoms. The van der Waals surface area contributed by atoms with Crippen LogP contribution in [0.3, 0.4) is 0 Å². The van der Waals surface area contributed by atoms with Crippen LogP contribution in [0.4, 0.5) is 13.2 Å². The summed E-state index contributed by atoms with van der Waals surface area (Å²) in [5, 5.41) is 9.95. The van der Waals surface area contributed by atoms with Gasteiger partial charge in [0.1, 0.15) is 0 Å². The van der Waals surface area contributed by atoms with Gasteiger partial charge in [-0.3, -0.25) is 0 Å². The van der Waals surface area contributed by atoms with Crippen molar-refractivity contribution >= 4 is 0 Å². The number of hydrogen-bond donors (Lipinski definition) is 1. The molecule has 108 valence electrons. The normalized spacial score (nSPS) is 13.8. The van der Waals surface area contributed by atoms with Crippen LogP contribution in [-0.2, 0) is 12.6 Å². The molecule has 1 atom stereocenters. The molecule has 0 aromatic heterocycles. The van der Waals surface area contributed by atoms with E-state index in [9.17, 15) is 18.3 Å². The lowest BCUT2D eigenvalue weighted by atomic mass is 9.93. The molecule has 0 bridgehead atoms. The number of halogens is 3. The summed E-state index contributed by atoms with van der Waals surface area (Å²) >= 11 is 0. The van der Waals surface area contributed by atoms with E-state index in [0.717, 1.165) is 25.0 Å². The number of alkyl halides is 3. The Morgan fingerprint density at radius 3 is 2.32 bits per heavy atom. The quantitative estimate of drug-likeness (QED) is 0.813. The Morgan fingerprint density at radius 2 is 1.79 bits per heavy atom. The molecule has 0 fully saturated rings. The molecule has 1 nitrogen and oxygen atoms in total. The third-order valence-electron chi connectivity index (χ3n) is 3.49. The van der Waals surface area contributed by atoms with E-state index in [1.165, 1.54) is 6.07 Å². The summed E-state index contributed by atoms with van der Waals surface area (Å²) in [7, 11) is 0. The van der Waals surface area contributed by atoms with E-state index in [-0.39, 0.29) is 6.42 Å². The molecule has 1 N–H and O–H groups in total. The first-order valence-corrected chi connectivity index (χ1v) is 6.71. The average Bonchev–Trinajstić information content (AvgIpc) is 2.35. The molecule has 0 aliphatic carbocycles. The van der Waals surface area contributed by atoms with Crippen molar-refractivity contribution in [1.29, 1.82) is 0 Å². The van der Waals surface area contributed by atoms with Gasteiger partial charge in [0.2, 0.25) is 0 Å². The minimum absolute atomic E-state index is 0.278. The van der Waals surface area contributed by atoms with Crippen molar-refractivity contribution in [1.82, 2.24) is 0 Å². The molecule has 0 amide bonds. The minimum atomic E-state index is -4.32. The van der Waals surface area contributed by atoms with Gasteiger partial charge in [-0.15, -0.1) is 0 Å². The number of hydrogen-bond acceptors (Lipinski definition) is 1. The molecular formula is C15H21F3O. The van der Waals surface area contributed by atoms with Crippen LogP contribution in [0.25, 0.3) is 0 Å². The Kier molecular flexibility index (Phi) is 5.85. The second-order valence-corrected chi connectivity index (χ2v) is 4.97. The lowest BCUT2D eigenvalue weighted by molar-refractivity contribution is -0.137. The first-order chi connectivity index (χ1) is 8.86. The first kappa shape index (κ1) is 16.0. The van der Waals surface area contributed by atoms with Gasteiger partial charge in [0, 0.05) is 0 Å². The van der Waals surface area contributed by atoms with Crippen LogP contribution in [0.2, 0.25) is 0 Å². The van der Waals surface area contributed by atoms with Gasteiger partial charge < -0.3 is 5.11 Å². The van der Waals surface area contributed by atoms with Crippen LogP contribution in [0.5, 0.6) is 0 Å². The number of rotatable bonds is 6. The van der Waals surface area contributed by atoms with Gasteiger partial charge in [-0.2, -0.15) is 13.2 Å². The largest absolute Gasteiger partial charge is 0.416 e. The first-order valence-electron chi connectivity index (χ1n) is 6.71. The zero-order valence-electron chi connectivity index (χ0n) is 11.4. The maximum atomic E-state index is 12.6. The molecule has 0 aliphatic rings. The van der Waals surface area contributed by atoms with E-state index < -0.39 is 17.8 Å². The van der Waals surface area contributed by atoms with Crippen molar-refractivity contribution in [3.8, 4) is 0 Å². The average molecular weight is 274 g/mol. The smallest absolute Gasteiger partial charge is 0.393 e. The molecule has 1 aromatic carbocycles. The summed E-state index contributed by atoms with van der Waals surface area (Å²) in [6.45, 7) is 4.12. The van der Waals surface area contributed by atoms with E-state index in [0.29, 0.717) is 17.9 Å². The van der Waals surface area contributed by atoms with Crippen molar-refractivity contribution in [2.45, 2.75) is 51.8 Å². The maximum absolute atomic E-state index is 12.6. The highest BCUT2D eigenvalue weighted by Gasteiger charge is 2.30. The highest BCUT2D eigenvalue weighted by molar-refractivity contribution is 5.26. The lowest BCUT2D eigenvalue weighted by Crippen LogP contribution is -2.16. The number of aliphatic hydroxyl groups is 1. The highest BCUT2D eigenvalue weighted by Crippen LogP contribution is 2.30. The van der Waals surface area contributed by atoms with Crippen LogP contribution in [0.1, 0.15) is 44.2 Å². The van der Waals surface area contributed by atoms with E-state index in [4.69, 9.17) is 0 Å². The van der Waals surface area contributed by atoms with Crippen molar-refractivity contribution in [2.75, 3.05) is 0 Å². The lowest BCUT2D eigenvalue weighted by Gasteiger charge is -2.18. The van der Waals surface area contributed by atoms with Crippen molar-refractivity contribution in [3.63, 3.8) is 0 Å². The van der Waals surface area contributed by atoms with Crippen LogP contribution in [-0.4, -0.2) is 11.2 Å². The van der Waals surface area contributed by atoms with E-state index in [1.807, 2.05) is 0 Å². The van der Waals surface area contributed by atoms with Crippen molar-refractivity contribution < 1.29 is 18.3 Å². The minimum Gasteiger partial charge on any atom is -0.393 e. The summed E-state index contributed by atoms with van der Waals surface area (Å²) in [6.07, 6.45) is -2.01. The van der Waals surface area contributed by atoms with Crippen LogP contribution in [0.15, 0.2) is 24.3 Å². The Labute approximate surface area is 112 Å². The molecule has 1 unspecified atom stereocenters. The topological polar surface area (TPSA) is 20.2 Å². The van der Waals surface area contributed by atoms with Crippen LogP contribution in [0, 0.1) is 5.92 Å². The van der Waals surface area contributed by atoms with Gasteiger partial charge in [-0.1, -0.05) is 44.9 Å². The summed E-state index contributed by atoms with van der Waals surface area (Å²) in [5.41, 5.74) is -0.118. The summed E-state index contributed by atoms with van der Waals surface area (Å²) < 4.78 is 37.7. The van der Waals surface area contributed by atoms with E-state index in [2.05, 4.69) is 13.8 Å². The summed E-state index contributed by atoms with van der Waals surface area (Å²) in [6, 6.07) is 5.19. The summed E-state index contributed by atoms with van der Waals surface area (Å²) in [4.78, 5) is 0. The molecule has 0 saturated heterocycles. The molecule has 0 saturated carbocycles. The Bertz CT molecular complexity index is 383. The van der Waals surface area contributed by atoms with Gasteiger partial charge in [-0.25, -0.2) is 0 Å². The Morgan fingerprint density at radius 1 is 1.16 bits per heavy atom. The van der Waals surface area contributed by atoms with Gasteiger partial charge in [-0.05, 0) is 30.4 Å². The third-order valence-corrected chi connectivity index (χ3v) is 3.49. The van der Waals surface area contributed by atoms with Crippen molar-refractivity contribution in [3.05, 3.63) is 35.4 Å². The molecular weight excluding hydrogens is 253 g/mol. The second-order valence-electron chi connectivity index (χ2n) is 4.97. The van der Waals surface area contributed by atoms with Gasteiger partial charge in [0.05, 0.1) is 11.7 Å². The molecule has 1 rings (SSSR count). The Hall–Kier alpha value is -1.03. The standard InChI is InChI=1S/C15H21F3O/c1-3-11(4-2)9-14(19)10-12-6-5-7-13(8-12)15(16,17)18/h5-8,11,14,19H,3-4,9-10H2,1-2H3. The fourth-order valence-corrected chi connectivity index (χ4v) is 2.24. The van der Waals surface area contributed by atoms with Gasteiger partial charge in [0.25, 0.3) is 0 Å². The van der Waals surface area contributed by atoms with E-state index >= 15 is 0 Å². The number of aliphatic hydroxyl groups excluding tert-OH is 1. The Balaban J connectivity index is 2.67. The van der Waals surface area contributed by atoms with Gasteiger partial charge >= 0.3 is 6.18 Å². The SMILES string of the molecule is CCC(CC)CC(O)Cc1cccc(C(F)(F)F)c1. The molecule has 0 radical (unpaired) electrons. The summed E-state index contributed by atoms with van der Waals surface area (Å²) in [5.74, 6) is 0.431. The van der Waals surface area contributed by atoms with Crippen LogP contribution >= 0.6 is 0 Å². The monoisotopic (exact) mass is 274 g/mol. The van der Waals surface area contributed by atoms with Gasteiger partial charge in [0.15, 0.2) is 0 Å². The molecule has 0 heterocycles. The number of benzene rings is 1. The predicted molar refractivity (Wildman–Crippen MR) is 69.8 cm³/mol. The third kappa shape index (κ3) is 5.23.